The monoisotopic (exact) mass is 258 g/mol. The Morgan fingerprint density at radius 2 is 2.35 bits per heavy atom. The fraction of sp³-hybridized carbons (Fsp3) is 0.111. The van der Waals surface area contributed by atoms with Gasteiger partial charge in [-0.25, -0.2) is 4.79 Å². The number of oxime groups is 1. The molecule has 17 heavy (non-hydrogen) atoms. The molecular formula is C9H7ClN2O5. The highest BCUT2D eigenvalue weighted by Crippen LogP contribution is 2.24. The Hall–Kier alpha value is -2.15. The predicted molar refractivity (Wildman–Crippen MR) is 59.3 cm³/mol. The van der Waals surface area contributed by atoms with Crippen molar-refractivity contribution in [2.24, 2.45) is 5.16 Å². The van der Waals surface area contributed by atoms with Crippen molar-refractivity contribution < 1.29 is 19.7 Å². The van der Waals surface area contributed by atoms with Crippen LogP contribution in [0.1, 0.15) is 5.56 Å². The van der Waals surface area contributed by atoms with Crippen LogP contribution in [-0.4, -0.2) is 28.8 Å². The summed E-state index contributed by atoms with van der Waals surface area (Å²) in [5.74, 6) is -1.20. The summed E-state index contributed by atoms with van der Waals surface area (Å²) in [7, 11) is 0. The predicted octanol–water partition coefficient (Wildman–Crippen LogP) is 1.68. The molecule has 0 aliphatic rings. The Kier molecular flexibility index (Phi) is 4.41. The summed E-state index contributed by atoms with van der Waals surface area (Å²) in [5.41, 5.74) is -0.176. The molecule has 0 aliphatic carbocycles. The van der Waals surface area contributed by atoms with Gasteiger partial charge in [-0.3, -0.25) is 10.1 Å². The van der Waals surface area contributed by atoms with Crippen LogP contribution in [0.5, 0.6) is 0 Å². The average molecular weight is 259 g/mol. The molecular weight excluding hydrogens is 252 g/mol. The number of halogens is 1. The molecule has 0 saturated heterocycles. The quantitative estimate of drug-likeness (QED) is 0.492. The van der Waals surface area contributed by atoms with Crippen LogP contribution in [0.3, 0.4) is 0 Å². The normalized spacial score (nSPS) is 10.4. The maximum atomic E-state index is 10.7. The van der Waals surface area contributed by atoms with Crippen LogP contribution in [0.4, 0.5) is 5.69 Å². The van der Waals surface area contributed by atoms with Crippen molar-refractivity contribution in [2.45, 2.75) is 0 Å². The summed E-state index contributed by atoms with van der Waals surface area (Å²) in [6.07, 6.45) is 1.00. The van der Waals surface area contributed by atoms with Gasteiger partial charge in [0.05, 0.1) is 21.7 Å². The van der Waals surface area contributed by atoms with Gasteiger partial charge in [0.25, 0.3) is 5.69 Å². The molecule has 1 N–H and O–H groups in total. The van der Waals surface area contributed by atoms with Crippen molar-refractivity contribution in [3.05, 3.63) is 38.9 Å². The first-order valence-corrected chi connectivity index (χ1v) is 4.70. The third-order valence-corrected chi connectivity index (χ3v) is 2.00. The molecule has 0 aliphatic heterocycles. The minimum absolute atomic E-state index is 0.0598. The third-order valence-electron chi connectivity index (χ3n) is 1.67. The fourth-order valence-corrected chi connectivity index (χ4v) is 1.21. The Morgan fingerprint density at radius 1 is 1.65 bits per heavy atom. The number of rotatable bonds is 5. The SMILES string of the molecule is O=C(O)CON=Cc1c(Cl)cccc1[N+](=O)[O-]. The lowest BCUT2D eigenvalue weighted by Crippen LogP contribution is -2.03. The van der Waals surface area contributed by atoms with Gasteiger partial charge in [-0.15, -0.1) is 0 Å². The number of nitro groups is 1. The average Bonchev–Trinajstić information content (AvgIpc) is 2.25. The van der Waals surface area contributed by atoms with Crippen molar-refractivity contribution in [1.29, 1.82) is 0 Å². The van der Waals surface area contributed by atoms with Crippen molar-refractivity contribution >= 4 is 29.5 Å². The molecule has 0 atom stereocenters. The number of aliphatic carboxylic acids is 1. The third kappa shape index (κ3) is 3.72. The van der Waals surface area contributed by atoms with E-state index in [1.54, 1.807) is 0 Å². The van der Waals surface area contributed by atoms with E-state index < -0.39 is 17.5 Å². The highest BCUT2D eigenvalue weighted by molar-refractivity contribution is 6.33. The van der Waals surface area contributed by atoms with Gasteiger partial charge < -0.3 is 9.94 Å². The van der Waals surface area contributed by atoms with Gasteiger partial charge in [0, 0.05) is 6.07 Å². The second kappa shape index (κ2) is 5.80. The number of carboxylic acids is 1. The first-order valence-electron chi connectivity index (χ1n) is 4.32. The topological polar surface area (TPSA) is 102 Å². The fourth-order valence-electron chi connectivity index (χ4n) is 0.995. The Labute approximate surface area is 100 Å². The standard InChI is InChI=1S/C9H7ClN2O5/c10-7-2-1-3-8(12(15)16)6(7)4-11-17-5-9(13)14/h1-4H,5H2,(H,13,14). The number of nitro benzene ring substituents is 1. The largest absolute Gasteiger partial charge is 0.479 e. The number of carbonyl (C=O) groups is 1. The number of benzene rings is 1. The molecule has 0 fully saturated rings. The molecule has 0 radical (unpaired) electrons. The molecule has 7 nitrogen and oxygen atoms in total. The van der Waals surface area contributed by atoms with Crippen molar-refractivity contribution in [2.75, 3.05) is 6.61 Å². The van der Waals surface area contributed by atoms with Gasteiger partial charge in [-0.2, -0.15) is 0 Å². The first-order chi connectivity index (χ1) is 8.02. The number of hydrogen-bond donors (Lipinski definition) is 1. The van der Waals surface area contributed by atoms with Crippen LogP contribution in [0.2, 0.25) is 5.02 Å². The minimum atomic E-state index is -1.20. The summed E-state index contributed by atoms with van der Waals surface area (Å²) in [6, 6.07) is 4.13. The summed E-state index contributed by atoms with van der Waals surface area (Å²) in [5, 5.41) is 22.4. The second-order valence-corrected chi connectivity index (χ2v) is 3.24. The molecule has 0 aromatic heterocycles. The first kappa shape index (κ1) is 12.9. The lowest BCUT2D eigenvalue weighted by atomic mass is 10.2. The second-order valence-electron chi connectivity index (χ2n) is 2.83. The van der Waals surface area contributed by atoms with Gasteiger partial charge >= 0.3 is 5.97 Å². The van der Waals surface area contributed by atoms with E-state index in [1.165, 1.54) is 18.2 Å². The van der Waals surface area contributed by atoms with Gasteiger partial charge in [0.1, 0.15) is 0 Å². The smallest absolute Gasteiger partial charge is 0.344 e. The highest BCUT2D eigenvalue weighted by atomic mass is 35.5. The van der Waals surface area contributed by atoms with E-state index in [0.717, 1.165) is 6.21 Å². The lowest BCUT2D eigenvalue weighted by Gasteiger charge is -1.99. The molecule has 1 aromatic carbocycles. The van der Waals surface area contributed by atoms with Gasteiger partial charge in [-0.05, 0) is 6.07 Å². The molecule has 0 bridgehead atoms. The van der Waals surface area contributed by atoms with E-state index in [9.17, 15) is 14.9 Å². The summed E-state index contributed by atoms with van der Waals surface area (Å²) < 4.78 is 0. The zero-order chi connectivity index (χ0) is 12.8. The van der Waals surface area contributed by atoms with E-state index in [-0.39, 0.29) is 16.3 Å². The van der Waals surface area contributed by atoms with Crippen molar-refractivity contribution in [3.63, 3.8) is 0 Å². The molecule has 0 amide bonds. The van der Waals surface area contributed by atoms with Crippen LogP contribution >= 0.6 is 11.6 Å². The van der Waals surface area contributed by atoms with Crippen LogP contribution in [-0.2, 0) is 9.63 Å². The van der Waals surface area contributed by atoms with E-state index in [4.69, 9.17) is 16.7 Å². The van der Waals surface area contributed by atoms with Gasteiger partial charge in [0.15, 0.2) is 0 Å². The number of hydrogen-bond acceptors (Lipinski definition) is 5. The zero-order valence-corrected chi connectivity index (χ0v) is 9.13. The van der Waals surface area contributed by atoms with E-state index in [0.29, 0.717) is 0 Å². The molecule has 90 valence electrons. The molecule has 0 heterocycles. The molecule has 0 unspecified atom stereocenters. The van der Waals surface area contributed by atoms with Crippen molar-refractivity contribution in [3.8, 4) is 0 Å². The maximum absolute atomic E-state index is 10.7. The van der Waals surface area contributed by atoms with Crippen LogP contribution in [0.25, 0.3) is 0 Å². The number of nitrogens with zero attached hydrogens (tertiary/aromatic N) is 2. The van der Waals surface area contributed by atoms with E-state index >= 15 is 0 Å². The van der Waals surface area contributed by atoms with Crippen LogP contribution in [0.15, 0.2) is 23.4 Å². The van der Waals surface area contributed by atoms with E-state index in [1.807, 2.05) is 0 Å². The van der Waals surface area contributed by atoms with Gasteiger partial charge in [0.2, 0.25) is 6.61 Å². The molecule has 1 aromatic rings. The van der Waals surface area contributed by atoms with Crippen molar-refractivity contribution in [1.82, 2.24) is 0 Å². The van der Waals surface area contributed by atoms with Gasteiger partial charge in [-0.1, -0.05) is 22.8 Å². The molecule has 8 heteroatoms. The maximum Gasteiger partial charge on any atom is 0.344 e. The van der Waals surface area contributed by atoms with Crippen LogP contribution < -0.4 is 0 Å². The van der Waals surface area contributed by atoms with Crippen LogP contribution in [0, 0.1) is 10.1 Å². The molecule has 1 rings (SSSR count). The molecule has 0 spiro atoms. The Morgan fingerprint density at radius 3 is 2.94 bits per heavy atom. The summed E-state index contributed by atoms with van der Waals surface area (Å²) in [6.45, 7) is -0.630. The molecule has 0 saturated carbocycles. The summed E-state index contributed by atoms with van der Waals surface area (Å²) >= 11 is 5.75. The minimum Gasteiger partial charge on any atom is -0.479 e. The number of carboxylic acid groups (broad SMARTS) is 1. The Bertz CT molecular complexity index is 474. The summed E-state index contributed by atoms with van der Waals surface area (Å²) in [4.78, 5) is 24.5. The van der Waals surface area contributed by atoms with E-state index in [2.05, 4.69) is 9.99 Å². The highest BCUT2D eigenvalue weighted by Gasteiger charge is 2.14. The zero-order valence-electron chi connectivity index (χ0n) is 8.37. The Balaban J connectivity index is 2.89. The lowest BCUT2D eigenvalue weighted by molar-refractivity contribution is -0.385.